The van der Waals surface area contributed by atoms with Gasteiger partial charge in [0.15, 0.2) is 0 Å². The number of aromatic carboxylic acids is 1. The number of halogens is 1. The lowest BCUT2D eigenvalue weighted by molar-refractivity contribution is 0.0686. The first-order valence-corrected chi connectivity index (χ1v) is 5.18. The van der Waals surface area contributed by atoms with Crippen LogP contribution in [0.4, 0.5) is 0 Å². The van der Waals surface area contributed by atoms with Gasteiger partial charge in [-0.1, -0.05) is 11.6 Å². The second-order valence-electron chi connectivity index (χ2n) is 3.41. The Kier molecular flexibility index (Phi) is 2.52. The Hall–Kier alpha value is -1.68. The highest BCUT2D eigenvalue weighted by Gasteiger charge is 2.16. The Labute approximate surface area is 96.7 Å². The van der Waals surface area contributed by atoms with E-state index < -0.39 is 5.97 Å². The topological polar surface area (TPSA) is 62.5 Å². The van der Waals surface area contributed by atoms with Crippen molar-refractivity contribution >= 4 is 28.5 Å². The fraction of sp³-hybridized carbons (Fsp3) is 0.182. The third-order valence-corrected chi connectivity index (χ3v) is 2.93. The van der Waals surface area contributed by atoms with Gasteiger partial charge in [-0.05, 0) is 25.1 Å². The highest BCUT2D eigenvalue weighted by atomic mass is 35.5. The summed E-state index contributed by atoms with van der Waals surface area (Å²) in [5.41, 5.74) is 0.882. The van der Waals surface area contributed by atoms with E-state index in [0.717, 1.165) is 0 Å². The molecule has 0 aliphatic heterocycles. The highest BCUT2D eigenvalue weighted by Crippen LogP contribution is 2.33. The van der Waals surface area contributed by atoms with Crippen LogP contribution >= 0.6 is 11.6 Å². The zero-order chi connectivity index (χ0) is 11.9. The molecule has 0 fully saturated rings. The average molecular weight is 240 g/mol. The number of rotatable bonds is 2. The second kappa shape index (κ2) is 3.72. The Morgan fingerprint density at radius 1 is 1.50 bits per heavy atom. The standard InChI is InChI=1S/C11H10ClNO3/c1-2-13-7-3-4-9(14)10(12)6(7)5-8(13)11(15)16/h3-5,14H,2H2,1H3,(H,15,16). The first-order chi connectivity index (χ1) is 7.56. The summed E-state index contributed by atoms with van der Waals surface area (Å²) in [5, 5.41) is 19.2. The molecule has 0 aliphatic rings. The van der Waals surface area contributed by atoms with Crippen LogP contribution in [-0.2, 0) is 6.54 Å². The van der Waals surface area contributed by atoms with Crippen molar-refractivity contribution in [2.24, 2.45) is 0 Å². The van der Waals surface area contributed by atoms with Gasteiger partial charge in [0.25, 0.3) is 0 Å². The molecule has 1 aromatic heterocycles. The number of hydrogen-bond acceptors (Lipinski definition) is 2. The van der Waals surface area contributed by atoms with Gasteiger partial charge in [0.05, 0.1) is 10.5 Å². The van der Waals surface area contributed by atoms with E-state index in [2.05, 4.69) is 0 Å². The van der Waals surface area contributed by atoms with E-state index in [1.165, 1.54) is 12.1 Å². The molecule has 0 amide bonds. The van der Waals surface area contributed by atoms with Crippen molar-refractivity contribution < 1.29 is 15.0 Å². The highest BCUT2D eigenvalue weighted by molar-refractivity contribution is 6.37. The van der Waals surface area contributed by atoms with E-state index in [1.54, 1.807) is 10.6 Å². The molecule has 0 radical (unpaired) electrons. The van der Waals surface area contributed by atoms with Crippen LogP contribution in [0.1, 0.15) is 17.4 Å². The summed E-state index contributed by atoms with van der Waals surface area (Å²) in [4.78, 5) is 11.0. The number of hydrogen-bond donors (Lipinski definition) is 2. The summed E-state index contributed by atoms with van der Waals surface area (Å²) in [7, 11) is 0. The van der Waals surface area contributed by atoms with E-state index in [9.17, 15) is 9.90 Å². The Balaban J connectivity index is 2.87. The summed E-state index contributed by atoms with van der Waals surface area (Å²) in [6, 6.07) is 4.60. The van der Waals surface area contributed by atoms with Gasteiger partial charge < -0.3 is 14.8 Å². The lowest BCUT2D eigenvalue weighted by Gasteiger charge is -2.04. The fourth-order valence-electron chi connectivity index (χ4n) is 1.81. The third kappa shape index (κ3) is 1.42. The van der Waals surface area contributed by atoms with E-state index >= 15 is 0 Å². The summed E-state index contributed by atoms with van der Waals surface area (Å²) in [6.45, 7) is 2.39. The minimum absolute atomic E-state index is 0.0423. The molecule has 0 saturated heterocycles. The summed E-state index contributed by atoms with van der Waals surface area (Å²) in [6.07, 6.45) is 0. The molecule has 0 aliphatic carbocycles. The molecule has 84 valence electrons. The number of phenols is 1. The molecule has 4 nitrogen and oxygen atoms in total. The van der Waals surface area contributed by atoms with E-state index in [4.69, 9.17) is 16.7 Å². The molecule has 5 heteroatoms. The zero-order valence-electron chi connectivity index (χ0n) is 8.57. The summed E-state index contributed by atoms with van der Waals surface area (Å²) < 4.78 is 1.64. The number of carboxylic acid groups (broad SMARTS) is 1. The molecule has 0 atom stereocenters. The number of nitrogens with zero attached hydrogens (tertiary/aromatic N) is 1. The Morgan fingerprint density at radius 3 is 2.75 bits per heavy atom. The minimum Gasteiger partial charge on any atom is -0.506 e. The average Bonchev–Trinajstić information content (AvgIpc) is 2.62. The minimum atomic E-state index is -1.01. The zero-order valence-corrected chi connectivity index (χ0v) is 9.32. The number of fused-ring (bicyclic) bond motifs is 1. The largest absolute Gasteiger partial charge is 0.506 e. The maximum Gasteiger partial charge on any atom is 0.352 e. The van der Waals surface area contributed by atoms with Gasteiger partial charge in [-0.3, -0.25) is 0 Å². The van der Waals surface area contributed by atoms with Crippen molar-refractivity contribution in [3.63, 3.8) is 0 Å². The molecule has 1 aromatic carbocycles. The number of aryl methyl sites for hydroxylation is 1. The molecule has 0 bridgehead atoms. The van der Waals surface area contributed by atoms with Crippen LogP contribution in [0.2, 0.25) is 5.02 Å². The van der Waals surface area contributed by atoms with Crippen molar-refractivity contribution in [2.75, 3.05) is 0 Å². The number of carbonyl (C=O) groups is 1. The van der Waals surface area contributed by atoms with Crippen LogP contribution in [-0.4, -0.2) is 20.7 Å². The summed E-state index contributed by atoms with van der Waals surface area (Å²) >= 11 is 5.92. The van der Waals surface area contributed by atoms with Crippen molar-refractivity contribution in [3.8, 4) is 5.75 Å². The molecule has 1 heterocycles. The van der Waals surface area contributed by atoms with Gasteiger partial charge in [-0.2, -0.15) is 0 Å². The van der Waals surface area contributed by atoms with Crippen molar-refractivity contribution in [1.29, 1.82) is 0 Å². The molecule has 0 spiro atoms. The van der Waals surface area contributed by atoms with E-state index in [0.29, 0.717) is 17.4 Å². The van der Waals surface area contributed by atoms with Gasteiger partial charge in [-0.25, -0.2) is 4.79 Å². The van der Waals surface area contributed by atoms with Crippen LogP contribution in [0, 0.1) is 0 Å². The van der Waals surface area contributed by atoms with Gasteiger partial charge >= 0.3 is 5.97 Å². The van der Waals surface area contributed by atoms with Crippen molar-refractivity contribution in [1.82, 2.24) is 4.57 Å². The molecule has 2 aromatic rings. The Morgan fingerprint density at radius 2 is 2.19 bits per heavy atom. The van der Waals surface area contributed by atoms with E-state index in [-0.39, 0.29) is 16.5 Å². The van der Waals surface area contributed by atoms with Crippen LogP contribution in [0.15, 0.2) is 18.2 Å². The quantitative estimate of drug-likeness (QED) is 0.847. The maximum atomic E-state index is 11.0. The first kappa shape index (κ1) is 10.8. The summed E-state index contributed by atoms with van der Waals surface area (Å²) in [5.74, 6) is -1.05. The normalized spacial score (nSPS) is 10.9. The predicted molar refractivity (Wildman–Crippen MR) is 61.2 cm³/mol. The van der Waals surface area contributed by atoms with Gasteiger partial charge in [0.2, 0.25) is 0 Å². The monoisotopic (exact) mass is 239 g/mol. The van der Waals surface area contributed by atoms with Crippen LogP contribution < -0.4 is 0 Å². The molecule has 2 N–H and O–H groups in total. The molecule has 0 unspecified atom stereocenters. The number of benzene rings is 1. The lowest BCUT2D eigenvalue weighted by Crippen LogP contribution is -2.06. The van der Waals surface area contributed by atoms with Gasteiger partial charge in [-0.15, -0.1) is 0 Å². The lowest BCUT2D eigenvalue weighted by atomic mass is 10.2. The molecular weight excluding hydrogens is 230 g/mol. The van der Waals surface area contributed by atoms with Crippen LogP contribution in [0.5, 0.6) is 5.75 Å². The van der Waals surface area contributed by atoms with Gasteiger partial charge in [0, 0.05) is 11.9 Å². The van der Waals surface area contributed by atoms with Crippen LogP contribution in [0.25, 0.3) is 10.9 Å². The smallest absolute Gasteiger partial charge is 0.352 e. The number of phenolic OH excluding ortho intramolecular Hbond substituents is 1. The Bertz CT molecular complexity index is 574. The SMILES string of the molecule is CCn1c(C(=O)O)cc2c(Cl)c(O)ccc21. The molecule has 16 heavy (non-hydrogen) atoms. The third-order valence-electron chi connectivity index (χ3n) is 2.53. The van der Waals surface area contributed by atoms with E-state index in [1.807, 2.05) is 6.92 Å². The first-order valence-electron chi connectivity index (χ1n) is 4.80. The fourth-order valence-corrected chi connectivity index (χ4v) is 2.02. The predicted octanol–water partition coefficient (Wildman–Crippen LogP) is 2.72. The maximum absolute atomic E-state index is 11.0. The second-order valence-corrected chi connectivity index (χ2v) is 3.79. The van der Waals surface area contributed by atoms with Crippen LogP contribution in [0.3, 0.4) is 0 Å². The molecule has 2 rings (SSSR count). The molecule has 0 saturated carbocycles. The van der Waals surface area contributed by atoms with Crippen molar-refractivity contribution in [2.45, 2.75) is 13.5 Å². The number of aromatic hydroxyl groups is 1. The van der Waals surface area contributed by atoms with Gasteiger partial charge in [0.1, 0.15) is 11.4 Å². The number of aromatic nitrogens is 1. The van der Waals surface area contributed by atoms with Crippen molar-refractivity contribution in [3.05, 3.63) is 28.9 Å². The molecular formula is C11H10ClNO3. The number of carboxylic acids is 1.